The standard InChI is InChI=1S/C12H16ClN5/c1-3-10-17-11(13)8(2)12(18-10)15-5-4-9-6-14-7-16-9/h6-7H,3-5H2,1-2H3,(H,14,16)(H,15,17,18). The molecule has 0 bridgehead atoms. The van der Waals surface area contributed by atoms with Crippen LogP contribution in [0.1, 0.15) is 24.0 Å². The first-order chi connectivity index (χ1) is 8.70. The number of aromatic amines is 1. The first kappa shape index (κ1) is 12.8. The van der Waals surface area contributed by atoms with Gasteiger partial charge in [0.05, 0.1) is 6.33 Å². The van der Waals surface area contributed by atoms with Crippen molar-refractivity contribution in [3.8, 4) is 0 Å². The predicted molar refractivity (Wildman–Crippen MR) is 71.9 cm³/mol. The maximum atomic E-state index is 6.07. The van der Waals surface area contributed by atoms with E-state index >= 15 is 0 Å². The third-order valence-corrected chi connectivity index (χ3v) is 3.06. The molecule has 0 aliphatic heterocycles. The highest BCUT2D eigenvalue weighted by Gasteiger charge is 2.08. The fraction of sp³-hybridized carbons (Fsp3) is 0.417. The van der Waals surface area contributed by atoms with Crippen LogP contribution in [0.4, 0.5) is 5.82 Å². The molecule has 0 fully saturated rings. The summed E-state index contributed by atoms with van der Waals surface area (Å²) >= 11 is 6.07. The molecule has 0 saturated heterocycles. The van der Waals surface area contributed by atoms with Crippen molar-refractivity contribution >= 4 is 17.4 Å². The Labute approximate surface area is 111 Å². The van der Waals surface area contributed by atoms with Gasteiger partial charge in [-0.2, -0.15) is 0 Å². The summed E-state index contributed by atoms with van der Waals surface area (Å²) in [6.45, 7) is 4.70. The van der Waals surface area contributed by atoms with E-state index in [9.17, 15) is 0 Å². The van der Waals surface area contributed by atoms with Gasteiger partial charge in [-0.3, -0.25) is 0 Å². The summed E-state index contributed by atoms with van der Waals surface area (Å²) in [4.78, 5) is 15.7. The summed E-state index contributed by atoms with van der Waals surface area (Å²) in [7, 11) is 0. The highest BCUT2D eigenvalue weighted by molar-refractivity contribution is 6.30. The van der Waals surface area contributed by atoms with Crippen LogP contribution in [0.25, 0.3) is 0 Å². The largest absolute Gasteiger partial charge is 0.369 e. The highest BCUT2D eigenvalue weighted by atomic mass is 35.5. The molecule has 96 valence electrons. The molecule has 18 heavy (non-hydrogen) atoms. The van der Waals surface area contributed by atoms with Crippen LogP contribution in [0.2, 0.25) is 5.15 Å². The number of hydrogen-bond acceptors (Lipinski definition) is 4. The lowest BCUT2D eigenvalue weighted by atomic mass is 10.3. The summed E-state index contributed by atoms with van der Waals surface area (Å²) in [5.41, 5.74) is 1.98. The van der Waals surface area contributed by atoms with Gasteiger partial charge in [0.15, 0.2) is 0 Å². The molecule has 0 spiro atoms. The molecule has 2 aromatic heterocycles. The Morgan fingerprint density at radius 1 is 1.39 bits per heavy atom. The number of nitrogens with one attached hydrogen (secondary N) is 2. The van der Waals surface area contributed by atoms with E-state index in [-0.39, 0.29) is 0 Å². The molecule has 0 unspecified atom stereocenters. The lowest BCUT2D eigenvalue weighted by Crippen LogP contribution is -2.10. The van der Waals surface area contributed by atoms with Gasteiger partial charge >= 0.3 is 0 Å². The topological polar surface area (TPSA) is 66.5 Å². The van der Waals surface area contributed by atoms with Crippen molar-refractivity contribution in [3.05, 3.63) is 34.8 Å². The first-order valence-corrected chi connectivity index (χ1v) is 6.32. The lowest BCUT2D eigenvalue weighted by Gasteiger charge is -2.10. The van der Waals surface area contributed by atoms with Gasteiger partial charge in [0.25, 0.3) is 0 Å². The quantitative estimate of drug-likeness (QED) is 0.815. The zero-order valence-corrected chi connectivity index (χ0v) is 11.3. The van der Waals surface area contributed by atoms with E-state index in [1.54, 1.807) is 6.33 Å². The van der Waals surface area contributed by atoms with Gasteiger partial charge in [-0.15, -0.1) is 0 Å². The molecule has 0 aliphatic rings. The molecule has 0 aromatic carbocycles. The molecule has 6 heteroatoms. The Balaban J connectivity index is 2.02. The van der Waals surface area contributed by atoms with Crippen molar-refractivity contribution in [1.82, 2.24) is 19.9 Å². The normalized spacial score (nSPS) is 10.6. The van der Waals surface area contributed by atoms with Crippen LogP contribution in [0.15, 0.2) is 12.5 Å². The lowest BCUT2D eigenvalue weighted by molar-refractivity contribution is 0.909. The second-order valence-electron chi connectivity index (χ2n) is 4.01. The Hall–Kier alpha value is -1.62. The minimum absolute atomic E-state index is 0.519. The fourth-order valence-electron chi connectivity index (χ4n) is 1.60. The van der Waals surface area contributed by atoms with Crippen LogP contribution in [-0.4, -0.2) is 26.5 Å². The van der Waals surface area contributed by atoms with E-state index in [1.807, 2.05) is 20.0 Å². The molecule has 2 N–H and O–H groups in total. The van der Waals surface area contributed by atoms with E-state index in [1.165, 1.54) is 0 Å². The van der Waals surface area contributed by atoms with Crippen molar-refractivity contribution < 1.29 is 0 Å². The highest BCUT2D eigenvalue weighted by Crippen LogP contribution is 2.19. The second kappa shape index (κ2) is 5.82. The zero-order valence-electron chi connectivity index (χ0n) is 10.5. The average Bonchev–Trinajstić information content (AvgIpc) is 2.87. The van der Waals surface area contributed by atoms with Crippen LogP contribution >= 0.6 is 11.6 Å². The fourth-order valence-corrected chi connectivity index (χ4v) is 1.79. The Morgan fingerprint density at radius 2 is 2.22 bits per heavy atom. The smallest absolute Gasteiger partial charge is 0.137 e. The number of nitrogens with zero attached hydrogens (tertiary/aromatic N) is 3. The Bertz CT molecular complexity index is 509. The van der Waals surface area contributed by atoms with Gasteiger partial charge in [0, 0.05) is 36.8 Å². The van der Waals surface area contributed by atoms with E-state index in [0.717, 1.165) is 42.3 Å². The van der Waals surface area contributed by atoms with Crippen molar-refractivity contribution in [3.63, 3.8) is 0 Å². The van der Waals surface area contributed by atoms with Crippen LogP contribution < -0.4 is 5.32 Å². The molecular weight excluding hydrogens is 250 g/mol. The van der Waals surface area contributed by atoms with Crippen LogP contribution in [-0.2, 0) is 12.8 Å². The van der Waals surface area contributed by atoms with Crippen molar-refractivity contribution in [2.75, 3.05) is 11.9 Å². The molecule has 0 radical (unpaired) electrons. The van der Waals surface area contributed by atoms with Crippen LogP contribution in [0, 0.1) is 6.92 Å². The number of hydrogen-bond donors (Lipinski definition) is 2. The summed E-state index contributed by atoms with van der Waals surface area (Å²) in [6.07, 6.45) is 5.13. The number of H-pyrrole nitrogens is 1. The summed E-state index contributed by atoms with van der Waals surface area (Å²) in [5, 5.41) is 3.80. The zero-order chi connectivity index (χ0) is 13.0. The number of imidazole rings is 1. The number of aryl methyl sites for hydroxylation is 1. The molecule has 0 amide bonds. The Morgan fingerprint density at radius 3 is 2.89 bits per heavy atom. The van der Waals surface area contributed by atoms with Gasteiger partial charge in [-0.05, 0) is 6.92 Å². The summed E-state index contributed by atoms with van der Waals surface area (Å²) in [6, 6.07) is 0. The van der Waals surface area contributed by atoms with E-state index in [0.29, 0.717) is 5.15 Å². The first-order valence-electron chi connectivity index (χ1n) is 5.94. The number of aromatic nitrogens is 4. The van der Waals surface area contributed by atoms with Gasteiger partial charge in [0.2, 0.25) is 0 Å². The van der Waals surface area contributed by atoms with E-state index < -0.39 is 0 Å². The van der Waals surface area contributed by atoms with Gasteiger partial charge in [-0.25, -0.2) is 15.0 Å². The van der Waals surface area contributed by atoms with Crippen LogP contribution in [0.5, 0.6) is 0 Å². The van der Waals surface area contributed by atoms with Crippen molar-refractivity contribution in [2.45, 2.75) is 26.7 Å². The molecule has 5 nitrogen and oxygen atoms in total. The maximum Gasteiger partial charge on any atom is 0.137 e. The number of halogens is 1. The van der Waals surface area contributed by atoms with Crippen molar-refractivity contribution in [1.29, 1.82) is 0 Å². The van der Waals surface area contributed by atoms with Gasteiger partial charge < -0.3 is 10.3 Å². The minimum atomic E-state index is 0.519. The van der Waals surface area contributed by atoms with Crippen LogP contribution in [0.3, 0.4) is 0 Å². The molecule has 0 aliphatic carbocycles. The SMILES string of the molecule is CCc1nc(Cl)c(C)c(NCCc2cnc[nH]2)n1. The monoisotopic (exact) mass is 265 g/mol. The van der Waals surface area contributed by atoms with Gasteiger partial charge in [0.1, 0.15) is 16.8 Å². The molecule has 2 heterocycles. The molecular formula is C12H16ClN5. The number of rotatable bonds is 5. The maximum absolute atomic E-state index is 6.07. The van der Waals surface area contributed by atoms with E-state index in [4.69, 9.17) is 11.6 Å². The van der Waals surface area contributed by atoms with Crippen molar-refractivity contribution in [2.24, 2.45) is 0 Å². The summed E-state index contributed by atoms with van der Waals surface area (Å²) in [5.74, 6) is 1.57. The molecule has 0 saturated carbocycles. The number of anilines is 1. The van der Waals surface area contributed by atoms with E-state index in [2.05, 4.69) is 25.3 Å². The third-order valence-electron chi connectivity index (χ3n) is 2.69. The molecule has 0 atom stereocenters. The Kier molecular flexibility index (Phi) is 4.15. The third kappa shape index (κ3) is 2.98. The predicted octanol–water partition coefficient (Wildman–Crippen LogP) is 2.38. The molecule has 2 aromatic rings. The minimum Gasteiger partial charge on any atom is -0.369 e. The van der Waals surface area contributed by atoms with Gasteiger partial charge in [-0.1, -0.05) is 18.5 Å². The summed E-state index contributed by atoms with van der Waals surface area (Å²) < 4.78 is 0. The average molecular weight is 266 g/mol. The molecule has 2 rings (SSSR count). The second-order valence-corrected chi connectivity index (χ2v) is 4.37.